The summed E-state index contributed by atoms with van der Waals surface area (Å²) in [7, 11) is 0. The SMILES string of the molecule is C=C(CNCCC)CN(CCC#N)c1ccccc1. The molecule has 0 spiro atoms. The second-order valence-corrected chi connectivity index (χ2v) is 4.59. The van der Waals surface area contributed by atoms with Crippen LogP contribution in [-0.2, 0) is 0 Å². The lowest BCUT2D eigenvalue weighted by Gasteiger charge is -2.25. The zero-order valence-corrected chi connectivity index (χ0v) is 11.7. The zero-order valence-electron chi connectivity index (χ0n) is 11.7. The number of hydrogen-bond donors (Lipinski definition) is 1. The van der Waals surface area contributed by atoms with Crippen molar-refractivity contribution in [2.45, 2.75) is 19.8 Å². The summed E-state index contributed by atoms with van der Waals surface area (Å²) in [6.45, 7) is 9.66. The fourth-order valence-electron chi connectivity index (χ4n) is 1.89. The van der Waals surface area contributed by atoms with Gasteiger partial charge in [-0.1, -0.05) is 31.7 Å². The summed E-state index contributed by atoms with van der Waals surface area (Å²) in [6, 6.07) is 12.4. The lowest BCUT2D eigenvalue weighted by molar-refractivity contribution is 0.699. The topological polar surface area (TPSA) is 39.1 Å². The summed E-state index contributed by atoms with van der Waals surface area (Å²) in [5, 5.41) is 12.1. The average Bonchev–Trinajstić information content (AvgIpc) is 2.44. The van der Waals surface area contributed by atoms with Crippen LogP contribution in [-0.4, -0.2) is 26.2 Å². The highest BCUT2D eigenvalue weighted by Crippen LogP contribution is 2.14. The fraction of sp³-hybridized carbons (Fsp3) is 0.438. The summed E-state index contributed by atoms with van der Waals surface area (Å²) < 4.78 is 0. The van der Waals surface area contributed by atoms with Crippen molar-refractivity contribution in [1.29, 1.82) is 5.26 Å². The Labute approximate surface area is 116 Å². The molecule has 0 amide bonds. The van der Waals surface area contributed by atoms with Gasteiger partial charge in [-0.3, -0.25) is 0 Å². The second kappa shape index (κ2) is 9.18. The molecule has 0 saturated carbocycles. The molecule has 0 heterocycles. The van der Waals surface area contributed by atoms with Gasteiger partial charge in [0.05, 0.1) is 12.5 Å². The van der Waals surface area contributed by atoms with E-state index in [0.717, 1.165) is 43.9 Å². The number of rotatable bonds is 9. The minimum atomic E-state index is 0.532. The van der Waals surface area contributed by atoms with E-state index in [2.05, 4.69) is 41.9 Å². The van der Waals surface area contributed by atoms with Crippen LogP contribution in [0.15, 0.2) is 42.5 Å². The summed E-state index contributed by atoms with van der Waals surface area (Å²) >= 11 is 0. The quantitative estimate of drug-likeness (QED) is 0.546. The van der Waals surface area contributed by atoms with Gasteiger partial charge < -0.3 is 10.2 Å². The second-order valence-electron chi connectivity index (χ2n) is 4.59. The third-order valence-corrected chi connectivity index (χ3v) is 2.83. The zero-order chi connectivity index (χ0) is 13.9. The van der Waals surface area contributed by atoms with Crippen LogP contribution in [0.4, 0.5) is 5.69 Å². The van der Waals surface area contributed by atoms with E-state index in [-0.39, 0.29) is 0 Å². The Bertz CT molecular complexity index is 406. The van der Waals surface area contributed by atoms with E-state index >= 15 is 0 Å². The average molecular weight is 257 g/mol. The van der Waals surface area contributed by atoms with Gasteiger partial charge in [0.1, 0.15) is 0 Å². The highest BCUT2D eigenvalue weighted by molar-refractivity contribution is 5.47. The largest absolute Gasteiger partial charge is 0.366 e. The normalized spacial score (nSPS) is 9.89. The van der Waals surface area contributed by atoms with Crippen LogP contribution in [0.1, 0.15) is 19.8 Å². The van der Waals surface area contributed by atoms with Crippen LogP contribution in [0.25, 0.3) is 0 Å². The summed E-state index contributed by atoms with van der Waals surface area (Å²) in [5.41, 5.74) is 2.30. The smallest absolute Gasteiger partial charge is 0.0640 e. The maximum absolute atomic E-state index is 8.76. The molecule has 0 aliphatic carbocycles. The minimum absolute atomic E-state index is 0.532. The number of nitriles is 1. The van der Waals surface area contributed by atoms with Crippen LogP contribution >= 0.6 is 0 Å². The maximum atomic E-state index is 8.76. The van der Waals surface area contributed by atoms with Crippen molar-refractivity contribution < 1.29 is 0 Å². The van der Waals surface area contributed by atoms with Crippen molar-refractivity contribution in [1.82, 2.24) is 5.32 Å². The fourth-order valence-corrected chi connectivity index (χ4v) is 1.89. The molecule has 3 nitrogen and oxygen atoms in total. The summed E-state index contributed by atoms with van der Waals surface area (Å²) in [4.78, 5) is 2.21. The number of benzene rings is 1. The van der Waals surface area contributed by atoms with E-state index < -0.39 is 0 Å². The van der Waals surface area contributed by atoms with Crippen molar-refractivity contribution >= 4 is 5.69 Å². The molecule has 0 aliphatic rings. The summed E-state index contributed by atoms with van der Waals surface area (Å²) in [6.07, 6.45) is 1.66. The standard InChI is InChI=1S/C16H23N3/c1-3-11-18-13-15(2)14-19(12-7-10-17)16-8-5-4-6-9-16/h4-6,8-9,18H,2-3,7,11-14H2,1H3. The molecular formula is C16H23N3. The Hall–Kier alpha value is -1.79. The third kappa shape index (κ3) is 6.08. The molecule has 0 radical (unpaired) electrons. The lowest BCUT2D eigenvalue weighted by Crippen LogP contribution is -2.30. The number of hydrogen-bond acceptors (Lipinski definition) is 3. The van der Waals surface area contributed by atoms with Gasteiger partial charge in [-0.25, -0.2) is 0 Å². The van der Waals surface area contributed by atoms with E-state index in [0.29, 0.717) is 6.42 Å². The molecule has 0 saturated heterocycles. The van der Waals surface area contributed by atoms with Gasteiger partial charge in [0.15, 0.2) is 0 Å². The van der Waals surface area contributed by atoms with Crippen LogP contribution < -0.4 is 10.2 Å². The molecule has 0 unspecified atom stereocenters. The Morgan fingerprint density at radius 1 is 1.37 bits per heavy atom. The number of anilines is 1. The molecule has 19 heavy (non-hydrogen) atoms. The van der Waals surface area contributed by atoms with Gasteiger partial charge >= 0.3 is 0 Å². The predicted molar refractivity (Wildman–Crippen MR) is 81.2 cm³/mol. The molecule has 0 fully saturated rings. The predicted octanol–water partition coefficient (Wildman–Crippen LogP) is 2.96. The molecule has 0 atom stereocenters. The van der Waals surface area contributed by atoms with Gasteiger partial charge in [0, 0.05) is 25.3 Å². The van der Waals surface area contributed by atoms with Gasteiger partial charge in [-0.2, -0.15) is 5.26 Å². The Balaban J connectivity index is 2.55. The molecule has 3 heteroatoms. The van der Waals surface area contributed by atoms with Crippen LogP contribution in [0.2, 0.25) is 0 Å². The molecule has 1 rings (SSSR count). The Morgan fingerprint density at radius 3 is 2.74 bits per heavy atom. The molecular weight excluding hydrogens is 234 g/mol. The van der Waals surface area contributed by atoms with Crippen LogP contribution in [0, 0.1) is 11.3 Å². The monoisotopic (exact) mass is 257 g/mol. The Morgan fingerprint density at radius 2 is 2.11 bits per heavy atom. The van der Waals surface area contributed by atoms with E-state index in [1.165, 1.54) is 0 Å². The van der Waals surface area contributed by atoms with Gasteiger partial charge in [-0.05, 0) is 30.7 Å². The van der Waals surface area contributed by atoms with Gasteiger partial charge in [-0.15, -0.1) is 0 Å². The highest BCUT2D eigenvalue weighted by Gasteiger charge is 2.07. The lowest BCUT2D eigenvalue weighted by atomic mass is 10.2. The summed E-state index contributed by atoms with van der Waals surface area (Å²) in [5.74, 6) is 0. The van der Waals surface area contributed by atoms with Crippen LogP contribution in [0.5, 0.6) is 0 Å². The molecule has 1 aromatic rings. The first-order valence-corrected chi connectivity index (χ1v) is 6.82. The van der Waals surface area contributed by atoms with Crippen molar-refractivity contribution in [3.8, 4) is 6.07 Å². The third-order valence-electron chi connectivity index (χ3n) is 2.83. The van der Waals surface area contributed by atoms with Gasteiger partial charge in [0.25, 0.3) is 0 Å². The molecule has 102 valence electrons. The molecule has 0 aromatic heterocycles. The van der Waals surface area contributed by atoms with Crippen LogP contribution in [0.3, 0.4) is 0 Å². The maximum Gasteiger partial charge on any atom is 0.0640 e. The highest BCUT2D eigenvalue weighted by atomic mass is 15.1. The minimum Gasteiger partial charge on any atom is -0.366 e. The number of para-hydroxylation sites is 1. The van der Waals surface area contributed by atoms with Gasteiger partial charge in [0.2, 0.25) is 0 Å². The first-order valence-electron chi connectivity index (χ1n) is 6.82. The van der Waals surface area contributed by atoms with Crippen molar-refractivity contribution in [2.75, 3.05) is 31.1 Å². The van der Waals surface area contributed by atoms with E-state index in [1.807, 2.05) is 18.2 Å². The first-order chi connectivity index (χ1) is 9.27. The molecule has 1 aromatic carbocycles. The molecule has 0 bridgehead atoms. The number of nitrogens with zero attached hydrogens (tertiary/aromatic N) is 2. The van der Waals surface area contributed by atoms with E-state index in [1.54, 1.807) is 0 Å². The molecule has 1 N–H and O–H groups in total. The van der Waals surface area contributed by atoms with Crippen molar-refractivity contribution in [3.63, 3.8) is 0 Å². The van der Waals surface area contributed by atoms with E-state index in [9.17, 15) is 0 Å². The first kappa shape index (κ1) is 15.3. The number of nitrogens with one attached hydrogen (secondary N) is 1. The van der Waals surface area contributed by atoms with Crippen molar-refractivity contribution in [2.24, 2.45) is 0 Å². The van der Waals surface area contributed by atoms with Crippen molar-refractivity contribution in [3.05, 3.63) is 42.5 Å². The Kier molecular flexibility index (Phi) is 7.38. The molecule has 0 aliphatic heterocycles. The van der Waals surface area contributed by atoms with E-state index in [4.69, 9.17) is 5.26 Å².